The number of carbonyl (C=O) groups excluding carboxylic acids is 2. The maximum absolute atomic E-state index is 14.1. The van der Waals surface area contributed by atoms with Crippen molar-refractivity contribution >= 4 is 46.2 Å². The molecule has 16 heteroatoms. The zero-order chi connectivity index (χ0) is 33.3. The number of likely N-dealkylation sites (tertiary alicyclic amines) is 1. The monoisotopic (exact) mass is 674 g/mol. The predicted molar refractivity (Wildman–Crippen MR) is 168 cm³/mol. The fourth-order valence-corrected chi connectivity index (χ4v) is 6.16. The number of nitrogens with one attached hydrogen (secondary N) is 2. The van der Waals surface area contributed by atoms with Crippen molar-refractivity contribution in [2.24, 2.45) is 0 Å². The molecular formula is C31H31ClF4N8O3. The van der Waals surface area contributed by atoms with Crippen molar-refractivity contribution < 1.29 is 31.9 Å². The number of rotatable bonds is 6. The van der Waals surface area contributed by atoms with Gasteiger partial charge in [-0.05, 0) is 54.8 Å². The number of alkyl halides is 3. The van der Waals surface area contributed by atoms with Crippen molar-refractivity contribution in [3.8, 4) is 11.1 Å². The number of hydrogen-bond donors (Lipinski definition) is 3. The van der Waals surface area contributed by atoms with Crippen LogP contribution in [0.4, 0.5) is 39.5 Å². The number of hydrogen-bond acceptors (Lipinski definition) is 7. The van der Waals surface area contributed by atoms with E-state index in [9.17, 15) is 27.2 Å². The van der Waals surface area contributed by atoms with Crippen LogP contribution in [0.1, 0.15) is 30.0 Å². The van der Waals surface area contributed by atoms with Crippen LogP contribution in [0.5, 0.6) is 0 Å². The Bertz CT molecular complexity index is 1800. The van der Waals surface area contributed by atoms with Crippen LogP contribution in [0.15, 0.2) is 48.8 Å². The minimum atomic E-state index is -4.71. The molecule has 11 nitrogen and oxygen atoms in total. The highest BCUT2D eigenvalue weighted by molar-refractivity contribution is 6.34. The molecule has 47 heavy (non-hydrogen) atoms. The molecule has 3 amide bonds. The van der Waals surface area contributed by atoms with Crippen molar-refractivity contribution in [1.82, 2.24) is 24.4 Å². The molecule has 0 unspecified atom stereocenters. The van der Waals surface area contributed by atoms with E-state index in [0.29, 0.717) is 67.7 Å². The highest BCUT2D eigenvalue weighted by atomic mass is 35.5. The van der Waals surface area contributed by atoms with Crippen LogP contribution < -0.4 is 16.4 Å². The van der Waals surface area contributed by atoms with Gasteiger partial charge in [0.2, 0.25) is 5.91 Å². The molecule has 6 rings (SSSR count). The highest BCUT2D eigenvalue weighted by Gasteiger charge is 2.32. The molecule has 0 bridgehead atoms. The molecule has 2 saturated heterocycles. The predicted octanol–water partition coefficient (Wildman–Crippen LogP) is 5.47. The van der Waals surface area contributed by atoms with E-state index in [1.165, 1.54) is 12.4 Å². The molecule has 2 aromatic carbocycles. The summed E-state index contributed by atoms with van der Waals surface area (Å²) in [6.07, 6.45) is -1.87. The summed E-state index contributed by atoms with van der Waals surface area (Å²) in [5, 5.41) is 9.12. The Hall–Kier alpha value is -4.47. The minimum absolute atomic E-state index is 0.0920. The maximum atomic E-state index is 14.1. The van der Waals surface area contributed by atoms with Crippen molar-refractivity contribution in [3.63, 3.8) is 0 Å². The fraction of sp³-hybridized carbons (Fsp3) is 0.355. The van der Waals surface area contributed by atoms with Gasteiger partial charge in [0.1, 0.15) is 17.7 Å². The van der Waals surface area contributed by atoms with E-state index in [4.69, 9.17) is 22.1 Å². The van der Waals surface area contributed by atoms with Gasteiger partial charge in [-0.1, -0.05) is 17.7 Å². The first kappa shape index (κ1) is 32.5. The molecule has 4 heterocycles. The number of halogens is 5. The second-order valence-electron chi connectivity index (χ2n) is 11.4. The van der Waals surface area contributed by atoms with Crippen LogP contribution in [0.2, 0.25) is 5.02 Å². The summed E-state index contributed by atoms with van der Waals surface area (Å²) in [7, 11) is 0. The van der Waals surface area contributed by atoms with E-state index in [2.05, 4.69) is 25.6 Å². The molecule has 0 radical (unpaired) electrons. The quantitative estimate of drug-likeness (QED) is 0.231. The second-order valence-corrected chi connectivity index (χ2v) is 11.8. The van der Waals surface area contributed by atoms with E-state index < -0.39 is 29.3 Å². The molecule has 2 aliphatic heterocycles. The Morgan fingerprint density at radius 1 is 1.00 bits per heavy atom. The van der Waals surface area contributed by atoms with Gasteiger partial charge in [0.15, 0.2) is 5.82 Å². The molecular weight excluding hydrogens is 644 g/mol. The summed E-state index contributed by atoms with van der Waals surface area (Å²) >= 11 is 6.52. The molecule has 4 N–H and O–H groups in total. The zero-order valence-corrected chi connectivity index (χ0v) is 25.7. The fourth-order valence-electron chi connectivity index (χ4n) is 5.94. The van der Waals surface area contributed by atoms with E-state index in [0.717, 1.165) is 31.6 Å². The summed E-state index contributed by atoms with van der Waals surface area (Å²) in [5.74, 6) is -0.583. The normalized spacial score (nSPS) is 16.4. The van der Waals surface area contributed by atoms with Gasteiger partial charge in [0.05, 0.1) is 41.7 Å². The third-order valence-electron chi connectivity index (χ3n) is 8.41. The molecule has 2 aliphatic rings. The van der Waals surface area contributed by atoms with Crippen LogP contribution in [0.3, 0.4) is 0 Å². The van der Waals surface area contributed by atoms with E-state index in [1.807, 2.05) is 11.0 Å². The van der Waals surface area contributed by atoms with Crippen molar-refractivity contribution in [2.45, 2.75) is 24.9 Å². The Kier molecular flexibility index (Phi) is 9.21. The Balaban J connectivity index is 1.17. The van der Waals surface area contributed by atoms with Gasteiger partial charge in [-0.2, -0.15) is 18.3 Å². The Morgan fingerprint density at radius 3 is 2.43 bits per heavy atom. The maximum Gasteiger partial charge on any atom is 0.416 e. The number of nitrogens with zero attached hydrogens (tertiary/aromatic N) is 5. The standard InChI is InChI=1S/C31H31ClF4N8O3/c32-22-13-19(1-4-24(22)40-30(46)41-25-14-20(31(34,35)36)2-3-23(25)33)21-15-26(44-28(21)29(37)38-17-39-44)18-5-7-43(8-6-18)27(45)16-42-9-11-47-12-10-42/h1-4,13-15,17-18H,5-12,16H2,(H2,37,38,39)(H2,40,41,46). The van der Waals surface area contributed by atoms with Crippen LogP contribution in [-0.4, -0.2) is 82.3 Å². The average Bonchev–Trinajstić information content (AvgIpc) is 3.44. The van der Waals surface area contributed by atoms with Gasteiger partial charge >= 0.3 is 12.2 Å². The summed E-state index contributed by atoms with van der Waals surface area (Å²) in [5.41, 5.74) is 7.53. The number of aromatic nitrogens is 3. The van der Waals surface area contributed by atoms with Crippen molar-refractivity contribution in [3.05, 3.63) is 70.9 Å². The Labute approximate surface area is 271 Å². The highest BCUT2D eigenvalue weighted by Crippen LogP contribution is 2.39. The number of nitrogen functional groups attached to an aromatic ring is 1. The number of carbonyl (C=O) groups is 2. The number of fused-ring (bicyclic) bond motifs is 1. The summed E-state index contributed by atoms with van der Waals surface area (Å²) in [4.78, 5) is 33.7. The molecule has 0 aliphatic carbocycles. The number of urea groups is 1. The van der Waals surface area contributed by atoms with Gasteiger partial charge in [0.25, 0.3) is 0 Å². The molecule has 0 spiro atoms. The van der Waals surface area contributed by atoms with Crippen LogP contribution in [0.25, 0.3) is 16.6 Å². The SMILES string of the molecule is Nc1ncnn2c(C3CCN(C(=O)CN4CCOCC4)CC3)cc(-c3ccc(NC(=O)Nc4cc(C(F)(F)F)ccc4F)c(Cl)c3)c12. The van der Waals surface area contributed by atoms with Crippen molar-refractivity contribution in [2.75, 3.05) is 62.3 Å². The van der Waals surface area contributed by atoms with Gasteiger partial charge in [-0.3, -0.25) is 9.69 Å². The van der Waals surface area contributed by atoms with E-state index in [1.54, 1.807) is 16.6 Å². The minimum Gasteiger partial charge on any atom is -0.382 e. The van der Waals surface area contributed by atoms with Crippen molar-refractivity contribution in [1.29, 1.82) is 0 Å². The first-order chi connectivity index (χ1) is 22.5. The Morgan fingerprint density at radius 2 is 1.72 bits per heavy atom. The first-order valence-electron chi connectivity index (χ1n) is 14.9. The topological polar surface area (TPSA) is 130 Å². The number of morpholine rings is 1. The molecule has 0 saturated carbocycles. The van der Waals surface area contributed by atoms with Crippen LogP contribution >= 0.6 is 11.6 Å². The van der Waals surface area contributed by atoms with E-state index >= 15 is 0 Å². The molecule has 248 valence electrons. The van der Waals surface area contributed by atoms with Gasteiger partial charge in [-0.15, -0.1) is 0 Å². The molecule has 2 aromatic heterocycles. The number of anilines is 3. The van der Waals surface area contributed by atoms with Crippen LogP contribution in [-0.2, 0) is 15.7 Å². The van der Waals surface area contributed by atoms with E-state index in [-0.39, 0.29) is 28.4 Å². The third kappa shape index (κ3) is 7.11. The van der Waals surface area contributed by atoms with Gasteiger partial charge in [0, 0.05) is 43.4 Å². The first-order valence-corrected chi connectivity index (χ1v) is 15.3. The van der Waals surface area contributed by atoms with Crippen LogP contribution in [0, 0.1) is 5.82 Å². The number of piperidine rings is 1. The largest absolute Gasteiger partial charge is 0.416 e. The number of nitrogens with two attached hydrogens (primary N) is 1. The summed E-state index contributed by atoms with van der Waals surface area (Å²) in [6, 6.07) is 7.50. The summed E-state index contributed by atoms with van der Waals surface area (Å²) in [6.45, 7) is 4.35. The average molecular weight is 675 g/mol. The lowest BCUT2D eigenvalue weighted by molar-refractivity contribution is -0.137. The molecule has 2 fully saturated rings. The third-order valence-corrected chi connectivity index (χ3v) is 8.72. The second kappa shape index (κ2) is 13.3. The lowest BCUT2D eigenvalue weighted by Crippen LogP contribution is -2.46. The lowest BCUT2D eigenvalue weighted by atomic mass is 9.93. The zero-order valence-electron chi connectivity index (χ0n) is 25.0. The molecule has 4 aromatic rings. The number of ether oxygens (including phenoxy) is 1. The smallest absolute Gasteiger partial charge is 0.382 e. The number of benzene rings is 2. The van der Waals surface area contributed by atoms with Gasteiger partial charge < -0.3 is 26.0 Å². The molecule has 0 atom stereocenters. The lowest BCUT2D eigenvalue weighted by Gasteiger charge is -2.34. The summed E-state index contributed by atoms with van der Waals surface area (Å²) < 4.78 is 60.4. The number of amides is 3. The van der Waals surface area contributed by atoms with Gasteiger partial charge in [-0.25, -0.2) is 18.7 Å².